The van der Waals surface area contributed by atoms with E-state index in [1.807, 2.05) is 110 Å². The number of carbonyl (C=O) groups is 2. The number of amides is 1. The van der Waals surface area contributed by atoms with E-state index >= 15 is 0 Å². The molecule has 41 heavy (non-hydrogen) atoms. The molecule has 0 fully saturated rings. The lowest BCUT2D eigenvalue weighted by molar-refractivity contribution is -0.142. The summed E-state index contributed by atoms with van der Waals surface area (Å²) in [5.74, 6) is -0.104. The zero-order valence-corrected chi connectivity index (χ0v) is 25.4. The Bertz CT molecular complexity index is 1520. The van der Waals surface area contributed by atoms with E-state index in [0.29, 0.717) is 30.1 Å². The first-order valence-electron chi connectivity index (χ1n) is 13.6. The molecule has 2 unspecified atom stereocenters. The summed E-state index contributed by atoms with van der Waals surface area (Å²) in [6, 6.07) is 32.4. The molecule has 0 saturated carbocycles. The first kappa shape index (κ1) is 30.4. The molecule has 4 aromatic rings. The number of esters is 1. The van der Waals surface area contributed by atoms with Gasteiger partial charge in [0.25, 0.3) is 5.91 Å². The maximum Gasteiger partial charge on any atom is 0.328 e. The Morgan fingerprint density at radius 2 is 1.46 bits per heavy atom. The second-order valence-corrected chi connectivity index (χ2v) is 14.0. The fourth-order valence-electron chi connectivity index (χ4n) is 4.96. The van der Waals surface area contributed by atoms with Gasteiger partial charge in [-0.05, 0) is 65.3 Å². The third-order valence-corrected chi connectivity index (χ3v) is 10.7. The molecule has 0 heterocycles. The molecule has 212 valence electrons. The highest BCUT2D eigenvalue weighted by Crippen LogP contribution is 2.51. The zero-order chi connectivity index (χ0) is 29.2. The van der Waals surface area contributed by atoms with Crippen molar-refractivity contribution < 1.29 is 18.9 Å². The number of methoxy groups -OCH3 is 1. The zero-order valence-electron chi connectivity index (χ0n) is 23.7. The van der Waals surface area contributed by atoms with Gasteiger partial charge in [-0.15, -0.1) is 0 Å². The van der Waals surface area contributed by atoms with Crippen molar-refractivity contribution >= 4 is 36.1 Å². The van der Waals surface area contributed by atoms with E-state index in [2.05, 4.69) is 5.32 Å². The molecule has 0 saturated heterocycles. The highest BCUT2D eigenvalue weighted by Gasteiger charge is 2.28. The molecule has 0 spiro atoms. The van der Waals surface area contributed by atoms with Crippen molar-refractivity contribution in [2.45, 2.75) is 31.7 Å². The number of hydrogen-bond donors (Lipinski definition) is 1. The Labute approximate surface area is 247 Å². The average molecular weight is 586 g/mol. The lowest BCUT2D eigenvalue weighted by Crippen LogP contribution is -2.42. The summed E-state index contributed by atoms with van der Waals surface area (Å²) in [5, 5.41) is 3.72. The molecular weight excluding hydrogens is 549 g/mol. The lowest BCUT2D eigenvalue weighted by Gasteiger charge is -2.21. The maximum absolute atomic E-state index is 14.7. The molecule has 5 nitrogen and oxygen atoms in total. The first-order valence-corrected chi connectivity index (χ1v) is 17.1. The van der Waals surface area contributed by atoms with Crippen molar-refractivity contribution in [1.82, 2.24) is 5.32 Å². The molecule has 1 N–H and O–H groups in total. The van der Waals surface area contributed by atoms with E-state index in [9.17, 15) is 14.2 Å². The minimum absolute atomic E-state index is 0.346. The van der Waals surface area contributed by atoms with Crippen LogP contribution in [0.25, 0.3) is 11.1 Å². The first-order chi connectivity index (χ1) is 19.8. The van der Waals surface area contributed by atoms with Gasteiger partial charge in [-0.3, -0.25) is 4.79 Å². The quantitative estimate of drug-likeness (QED) is 0.142. The summed E-state index contributed by atoms with van der Waals surface area (Å²) in [4.78, 5) is 26.0. The van der Waals surface area contributed by atoms with Crippen molar-refractivity contribution in [2.24, 2.45) is 0 Å². The number of thioether (sulfide) groups is 1. The van der Waals surface area contributed by atoms with Crippen LogP contribution in [0.4, 0.5) is 0 Å². The van der Waals surface area contributed by atoms with Gasteiger partial charge in [-0.2, -0.15) is 11.8 Å². The second kappa shape index (κ2) is 14.3. The summed E-state index contributed by atoms with van der Waals surface area (Å²) < 4.78 is 19.7. The highest BCUT2D eigenvalue weighted by atomic mass is 32.2. The van der Waals surface area contributed by atoms with Gasteiger partial charge in [0, 0.05) is 23.2 Å². The highest BCUT2D eigenvalue weighted by molar-refractivity contribution is 7.98. The largest absolute Gasteiger partial charge is 0.467 e. The van der Waals surface area contributed by atoms with Crippen LogP contribution in [0.3, 0.4) is 0 Å². The van der Waals surface area contributed by atoms with Crippen molar-refractivity contribution in [1.29, 1.82) is 0 Å². The smallest absolute Gasteiger partial charge is 0.328 e. The Hall–Kier alpha value is -3.60. The van der Waals surface area contributed by atoms with Crippen LogP contribution in [-0.2, 0) is 26.4 Å². The van der Waals surface area contributed by atoms with Gasteiger partial charge in [-0.1, -0.05) is 91.0 Å². The molecule has 0 bridgehead atoms. The number of rotatable bonds is 12. The van der Waals surface area contributed by atoms with Gasteiger partial charge in [0.2, 0.25) is 0 Å². The van der Waals surface area contributed by atoms with Crippen LogP contribution >= 0.6 is 18.9 Å². The molecule has 1 amide bonds. The van der Waals surface area contributed by atoms with E-state index in [0.717, 1.165) is 33.1 Å². The third-order valence-electron chi connectivity index (χ3n) is 7.11. The predicted molar refractivity (Wildman–Crippen MR) is 170 cm³/mol. The van der Waals surface area contributed by atoms with Crippen LogP contribution in [-0.4, -0.2) is 37.0 Å². The van der Waals surface area contributed by atoms with Crippen LogP contribution in [0.2, 0.25) is 0 Å². The number of benzene rings is 4. The van der Waals surface area contributed by atoms with Crippen LogP contribution in [0.1, 0.15) is 33.5 Å². The minimum atomic E-state index is -2.89. The number of hydrogen-bond acceptors (Lipinski definition) is 5. The van der Waals surface area contributed by atoms with Crippen LogP contribution in [0.5, 0.6) is 0 Å². The number of aryl methyl sites for hydroxylation is 1. The topological polar surface area (TPSA) is 72.5 Å². The van der Waals surface area contributed by atoms with E-state index in [4.69, 9.17) is 4.74 Å². The second-order valence-electron chi connectivity index (χ2n) is 10.1. The number of carbonyl (C=O) groups excluding carboxylic acids is 2. The Balaban J connectivity index is 1.75. The fraction of sp³-hybridized carbons (Fsp3) is 0.235. The Kier molecular flexibility index (Phi) is 10.6. The Morgan fingerprint density at radius 3 is 2.12 bits per heavy atom. The monoisotopic (exact) mass is 585 g/mol. The molecule has 0 aliphatic carbocycles. The number of nitrogens with one attached hydrogen (secondary N) is 1. The van der Waals surface area contributed by atoms with E-state index in [1.54, 1.807) is 17.8 Å². The van der Waals surface area contributed by atoms with Gasteiger partial charge < -0.3 is 14.6 Å². The molecule has 2 atom stereocenters. The van der Waals surface area contributed by atoms with E-state index < -0.39 is 19.2 Å². The molecule has 0 aromatic heterocycles. The van der Waals surface area contributed by atoms with Crippen LogP contribution in [0, 0.1) is 6.92 Å². The third kappa shape index (κ3) is 7.78. The van der Waals surface area contributed by atoms with Crippen molar-refractivity contribution in [3.05, 3.63) is 125 Å². The van der Waals surface area contributed by atoms with Gasteiger partial charge in [0.15, 0.2) is 0 Å². The molecule has 0 aliphatic heterocycles. The molecule has 7 heteroatoms. The molecule has 0 radical (unpaired) electrons. The van der Waals surface area contributed by atoms with Gasteiger partial charge in [0.05, 0.1) is 7.11 Å². The van der Waals surface area contributed by atoms with Gasteiger partial charge >= 0.3 is 5.97 Å². The normalized spacial score (nSPS) is 13.1. The van der Waals surface area contributed by atoms with E-state index in [-0.39, 0.29) is 5.91 Å². The summed E-state index contributed by atoms with van der Waals surface area (Å²) in [7, 11) is -1.57. The Morgan fingerprint density at radius 1 is 0.829 bits per heavy atom. The molecule has 4 aromatic carbocycles. The average Bonchev–Trinajstić information content (AvgIpc) is 3.00. The van der Waals surface area contributed by atoms with E-state index in [1.165, 1.54) is 7.11 Å². The van der Waals surface area contributed by atoms with Crippen molar-refractivity contribution in [3.8, 4) is 11.1 Å². The van der Waals surface area contributed by atoms with Crippen molar-refractivity contribution in [3.63, 3.8) is 0 Å². The predicted octanol–water partition coefficient (Wildman–Crippen LogP) is 7.08. The molecular formula is C34H36NO4PS. The summed E-state index contributed by atoms with van der Waals surface area (Å²) in [6.07, 6.45) is 3.22. The summed E-state index contributed by atoms with van der Waals surface area (Å²) in [5.41, 5.74) is 5.03. The molecule has 0 aliphatic rings. The van der Waals surface area contributed by atoms with Crippen LogP contribution < -0.4 is 10.6 Å². The lowest BCUT2D eigenvalue weighted by atomic mass is 9.94. The number of ether oxygens (including phenoxy) is 1. The SMILES string of the molecule is COC(=O)C(CCSC)NC(=O)c1ccc(CP(=O)(Cc2ccccc2)c2ccccc2)cc1-c1ccccc1C. The molecule has 4 rings (SSSR count). The van der Waals surface area contributed by atoms with Crippen molar-refractivity contribution in [2.75, 3.05) is 19.1 Å². The fourth-order valence-corrected chi connectivity index (χ4v) is 8.21. The van der Waals surface area contributed by atoms with Crippen LogP contribution in [0.15, 0.2) is 103 Å². The summed E-state index contributed by atoms with van der Waals surface area (Å²) in [6.45, 7) is 2.00. The van der Waals surface area contributed by atoms with Gasteiger partial charge in [0.1, 0.15) is 13.2 Å². The summed E-state index contributed by atoms with van der Waals surface area (Å²) >= 11 is 1.60. The maximum atomic E-state index is 14.7. The minimum Gasteiger partial charge on any atom is -0.467 e. The van der Waals surface area contributed by atoms with Gasteiger partial charge in [-0.25, -0.2) is 4.79 Å². The standard InChI is InChI=1S/C34H36NO4PS/c1-25-12-10-11-17-29(25)31-22-27(18-19-30(31)33(36)35-32(20-21-41-3)34(37)39-2)24-40(38,28-15-8-5-9-16-28)23-26-13-6-4-7-14-26/h4-19,22,32H,20-21,23-24H2,1-3H3,(H,35,36).